The summed E-state index contributed by atoms with van der Waals surface area (Å²) >= 11 is 0. The van der Waals surface area contributed by atoms with Gasteiger partial charge in [0.05, 0.1) is 13.2 Å². The number of benzene rings is 1. The maximum absolute atomic E-state index is 11.6. The van der Waals surface area contributed by atoms with E-state index in [0.717, 1.165) is 30.8 Å². The molecule has 1 aliphatic heterocycles. The van der Waals surface area contributed by atoms with Crippen molar-refractivity contribution in [3.05, 3.63) is 23.8 Å². The molecule has 0 unspecified atom stereocenters. The number of fused-ring (bicyclic) bond motifs is 1. The number of esters is 1. The molecular formula is C14H17NO4. The van der Waals surface area contributed by atoms with Crippen molar-refractivity contribution in [3.63, 3.8) is 0 Å². The van der Waals surface area contributed by atoms with Crippen molar-refractivity contribution in [3.8, 4) is 5.75 Å². The van der Waals surface area contributed by atoms with Gasteiger partial charge in [0.2, 0.25) is 5.91 Å². The number of aryl methyl sites for hydroxylation is 1. The van der Waals surface area contributed by atoms with E-state index in [4.69, 9.17) is 9.47 Å². The van der Waals surface area contributed by atoms with Crippen molar-refractivity contribution in [2.45, 2.75) is 26.2 Å². The number of carbonyl (C=O) groups is 2. The van der Waals surface area contributed by atoms with Gasteiger partial charge in [-0.05, 0) is 43.5 Å². The Bertz CT molecular complexity index is 484. The number of ether oxygens (including phenoxy) is 2. The van der Waals surface area contributed by atoms with Crippen LogP contribution in [0.2, 0.25) is 0 Å². The smallest absolute Gasteiger partial charge is 0.315 e. The summed E-state index contributed by atoms with van der Waals surface area (Å²) < 4.78 is 10.2. The molecule has 102 valence electrons. The molecule has 1 N–H and O–H groups in total. The first-order valence-corrected chi connectivity index (χ1v) is 6.40. The van der Waals surface area contributed by atoms with Gasteiger partial charge in [0.1, 0.15) is 12.2 Å². The van der Waals surface area contributed by atoms with Crippen molar-refractivity contribution < 1.29 is 19.1 Å². The van der Waals surface area contributed by atoms with Gasteiger partial charge >= 0.3 is 5.97 Å². The Morgan fingerprint density at radius 3 is 3.05 bits per heavy atom. The van der Waals surface area contributed by atoms with E-state index in [1.807, 2.05) is 12.1 Å². The van der Waals surface area contributed by atoms with Gasteiger partial charge in [0, 0.05) is 5.69 Å². The molecule has 0 atom stereocenters. The van der Waals surface area contributed by atoms with Crippen LogP contribution in [0, 0.1) is 0 Å². The summed E-state index contributed by atoms with van der Waals surface area (Å²) in [6, 6.07) is 5.50. The van der Waals surface area contributed by atoms with E-state index >= 15 is 0 Å². The normalized spacial score (nSPS) is 13.1. The van der Waals surface area contributed by atoms with E-state index in [1.54, 1.807) is 13.0 Å². The first-order valence-electron chi connectivity index (χ1n) is 6.40. The van der Waals surface area contributed by atoms with Crippen LogP contribution in [0.5, 0.6) is 5.75 Å². The minimum absolute atomic E-state index is 0.262. The molecule has 1 aromatic carbocycles. The Kier molecular flexibility index (Phi) is 4.39. The van der Waals surface area contributed by atoms with Crippen molar-refractivity contribution in [1.29, 1.82) is 0 Å². The summed E-state index contributed by atoms with van der Waals surface area (Å²) in [7, 11) is 0. The van der Waals surface area contributed by atoms with E-state index in [0.29, 0.717) is 5.69 Å². The van der Waals surface area contributed by atoms with Crippen molar-refractivity contribution in [2.75, 3.05) is 18.5 Å². The third-order valence-corrected chi connectivity index (χ3v) is 2.80. The van der Waals surface area contributed by atoms with E-state index in [1.165, 1.54) is 0 Å². The average Bonchev–Trinajstić information content (AvgIpc) is 2.38. The molecule has 0 saturated heterocycles. The first kappa shape index (κ1) is 13.4. The number of rotatable bonds is 4. The topological polar surface area (TPSA) is 64.6 Å². The Balaban J connectivity index is 1.95. The predicted molar refractivity (Wildman–Crippen MR) is 70.1 cm³/mol. The lowest BCUT2D eigenvalue weighted by Gasteiger charge is -2.18. The highest BCUT2D eigenvalue weighted by atomic mass is 16.5. The molecule has 19 heavy (non-hydrogen) atoms. The molecule has 1 amide bonds. The fourth-order valence-electron chi connectivity index (χ4n) is 1.99. The average molecular weight is 263 g/mol. The number of hydrogen-bond acceptors (Lipinski definition) is 4. The molecule has 5 heteroatoms. The standard InChI is InChI=1S/C14H17NO4/c1-2-18-14(17)9-13(16)15-11-5-6-12-10(8-11)4-3-7-19-12/h5-6,8H,2-4,7,9H2,1H3,(H,15,16). The molecule has 0 fully saturated rings. The highest BCUT2D eigenvalue weighted by Gasteiger charge is 2.13. The molecule has 1 aromatic rings. The van der Waals surface area contributed by atoms with Crippen LogP contribution < -0.4 is 10.1 Å². The van der Waals surface area contributed by atoms with Crippen LogP contribution in [0.25, 0.3) is 0 Å². The number of nitrogens with one attached hydrogen (secondary N) is 1. The zero-order valence-corrected chi connectivity index (χ0v) is 10.9. The lowest BCUT2D eigenvalue weighted by Crippen LogP contribution is -2.18. The number of anilines is 1. The van der Waals surface area contributed by atoms with E-state index < -0.39 is 5.97 Å². The van der Waals surface area contributed by atoms with Gasteiger partial charge in [0.25, 0.3) is 0 Å². The van der Waals surface area contributed by atoms with Crippen LogP contribution in [0.3, 0.4) is 0 Å². The SMILES string of the molecule is CCOC(=O)CC(=O)Nc1ccc2c(c1)CCCO2. The molecule has 0 aromatic heterocycles. The second-order valence-electron chi connectivity index (χ2n) is 4.30. The fourth-order valence-corrected chi connectivity index (χ4v) is 1.99. The van der Waals surface area contributed by atoms with Gasteiger partial charge < -0.3 is 14.8 Å². The maximum Gasteiger partial charge on any atom is 0.315 e. The minimum Gasteiger partial charge on any atom is -0.493 e. The third kappa shape index (κ3) is 3.71. The minimum atomic E-state index is -0.513. The summed E-state index contributed by atoms with van der Waals surface area (Å²) in [5.41, 5.74) is 1.76. The lowest BCUT2D eigenvalue weighted by atomic mass is 10.1. The van der Waals surface area contributed by atoms with Crippen LogP contribution >= 0.6 is 0 Å². The quantitative estimate of drug-likeness (QED) is 0.665. The van der Waals surface area contributed by atoms with Crippen LogP contribution in [-0.2, 0) is 20.7 Å². The molecule has 1 heterocycles. The highest BCUT2D eigenvalue weighted by molar-refractivity contribution is 6.01. The van der Waals surface area contributed by atoms with Gasteiger partial charge in [-0.2, -0.15) is 0 Å². The van der Waals surface area contributed by atoms with Crippen molar-refractivity contribution >= 4 is 17.6 Å². The molecule has 0 bridgehead atoms. The first-order chi connectivity index (χ1) is 9.19. The molecule has 0 spiro atoms. The fraction of sp³-hybridized carbons (Fsp3) is 0.429. The Hall–Kier alpha value is -2.04. The van der Waals surface area contributed by atoms with Crippen LogP contribution in [0.1, 0.15) is 25.3 Å². The van der Waals surface area contributed by atoms with E-state index in [-0.39, 0.29) is 18.9 Å². The largest absolute Gasteiger partial charge is 0.493 e. The molecule has 5 nitrogen and oxygen atoms in total. The van der Waals surface area contributed by atoms with Crippen LogP contribution in [0.4, 0.5) is 5.69 Å². The summed E-state index contributed by atoms with van der Waals surface area (Å²) in [4.78, 5) is 22.8. The second-order valence-corrected chi connectivity index (χ2v) is 4.30. The number of carbonyl (C=O) groups excluding carboxylic acids is 2. The van der Waals surface area contributed by atoms with Gasteiger partial charge in [0.15, 0.2) is 0 Å². The Morgan fingerprint density at radius 2 is 2.26 bits per heavy atom. The highest BCUT2D eigenvalue weighted by Crippen LogP contribution is 2.27. The maximum atomic E-state index is 11.6. The summed E-state index contributed by atoms with van der Waals surface area (Å²) in [6.07, 6.45) is 1.66. The molecule has 1 aliphatic rings. The molecule has 0 saturated carbocycles. The zero-order valence-electron chi connectivity index (χ0n) is 10.9. The van der Waals surface area contributed by atoms with Crippen LogP contribution in [0.15, 0.2) is 18.2 Å². The van der Waals surface area contributed by atoms with E-state index in [9.17, 15) is 9.59 Å². The lowest BCUT2D eigenvalue weighted by molar-refractivity contribution is -0.145. The summed E-state index contributed by atoms with van der Waals surface area (Å²) in [5.74, 6) is -0.00828. The molecular weight excluding hydrogens is 246 g/mol. The Labute approximate surface area is 111 Å². The molecule has 2 rings (SSSR count). The predicted octanol–water partition coefficient (Wildman–Crippen LogP) is 1.90. The van der Waals surface area contributed by atoms with Crippen LogP contribution in [-0.4, -0.2) is 25.1 Å². The molecule has 0 aliphatic carbocycles. The number of hydrogen-bond donors (Lipinski definition) is 1. The summed E-state index contributed by atoms with van der Waals surface area (Å²) in [6.45, 7) is 2.73. The van der Waals surface area contributed by atoms with Crippen molar-refractivity contribution in [1.82, 2.24) is 0 Å². The van der Waals surface area contributed by atoms with Gasteiger partial charge in [-0.25, -0.2) is 0 Å². The number of amides is 1. The summed E-state index contributed by atoms with van der Waals surface area (Å²) in [5, 5.41) is 2.69. The third-order valence-electron chi connectivity index (χ3n) is 2.80. The van der Waals surface area contributed by atoms with Crippen molar-refractivity contribution in [2.24, 2.45) is 0 Å². The van der Waals surface area contributed by atoms with Gasteiger partial charge in [-0.15, -0.1) is 0 Å². The second kappa shape index (κ2) is 6.22. The van der Waals surface area contributed by atoms with E-state index in [2.05, 4.69) is 5.32 Å². The Morgan fingerprint density at radius 1 is 1.42 bits per heavy atom. The monoisotopic (exact) mass is 263 g/mol. The van der Waals surface area contributed by atoms with Gasteiger partial charge in [-0.1, -0.05) is 0 Å². The zero-order chi connectivity index (χ0) is 13.7. The van der Waals surface area contributed by atoms with Gasteiger partial charge in [-0.3, -0.25) is 9.59 Å². The molecule has 0 radical (unpaired) electrons.